The van der Waals surface area contributed by atoms with E-state index in [4.69, 9.17) is 5.10 Å². The summed E-state index contributed by atoms with van der Waals surface area (Å²) >= 11 is 0. The van der Waals surface area contributed by atoms with Crippen molar-refractivity contribution in [3.8, 4) is 17.9 Å². The molecule has 3 aromatic heterocycles. The minimum absolute atomic E-state index is 0.159. The predicted molar refractivity (Wildman–Crippen MR) is 204 cm³/mol. The van der Waals surface area contributed by atoms with E-state index < -0.39 is 23.5 Å². The lowest BCUT2D eigenvalue weighted by Gasteiger charge is -2.37. The minimum atomic E-state index is -1.27. The van der Waals surface area contributed by atoms with Gasteiger partial charge in [-0.05, 0) is 70.1 Å². The monoisotopic (exact) mass is 746 g/mol. The van der Waals surface area contributed by atoms with Gasteiger partial charge < -0.3 is 15.3 Å². The van der Waals surface area contributed by atoms with E-state index in [-0.39, 0.29) is 36.0 Å². The number of anilines is 1. The molecule has 4 aromatic rings. The highest BCUT2D eigenvalue weighted by atomic mass is 16.3. The van der Waals surface area contributed by atoms with Crippen molar-refractivity contribution in [3.05, 3.63) is 75.7 Å². The highest BCUT2D eigenvalue weighted by Gasteiger charge is 2.33. The third-order valence-corrected chi connectivity index (χ3v) is 11.0. The third-order valence-electron chi connectivity index (χ3n) is 11.0. The lowest BCUT2D eigenvalue weighted by molar-refractivity contribution is -0.135. The smallest absolute Gasteiger partial charge is 0.329 e. The van der Waals surface area contributed by atoms with Crippen LogP contribution in [0.1, 0.15) is 91.6 Å². The molecule has 1 atom stereocenters. The van der Waals surface area contributed by atoms with E-state index >= 15 is 0 Å². The van der Waals surface area contributed by atoms with Gasteiger partial charge in [0.05, 0.1) is 46.0 Å². The molecule has 3 N–H and O–H groups in total. The summed E-state index contributed by atoms with van der Waals surface area (Å²) in [5.74, 6) is 5.97. The van der Waals surface area contributed by atoms with Crippen molar-refractivity contribution in [2.45, 2.75) is 70.1 Å². The number of pyridine rings is 1. The van der Waals surface area contributed by atoms with Gasteiger partial charge in [-0.25, -0.2) is 4.79 Å². The van der Waals surface area contributed by atoms with Crippen molar-refractivity contribution >= 4 is 34.4 Å². The van der Waals surface area contributed by atoms with E-state index in [0.29, 0.717) is 40.4 Å². The number of benzene rings is 1. The molecule has 0 spiro atoms. The third kappa shape index (κ3) is 8.10. The number of carbonyl (C=O) groups excluding carboxylic acids is 3. The summed E-state index contributed by atoms with van der Waals surface area (Å²) in [5.41, 5.74) is 1.83. The van der Waals surface area contributed by atoms with Crippen LogP contribution < -0.4 is 16.3 Å². The maximum Gasteiger partial charge on any atom is 0.329 e. The number of aryl methyl sites for hydroxylation is 1. The number of amides is 3. The Hall–Kier alpha value is -5.61. The summed E-state index contributed by atoms with van der Waals surface area (Å²) in [6.07, 6.45) is 9.10. The Morgan fingerprint density at radius 1 is 1.05 bits per heavy atom. The van der Waals surface area contributed by atoms with Crippen molar-refractivity contribution in [1.29, 1.82) is 5.26 Å². The van der Waals surface area contributed by atoms with Crippen LogP contribution in [0.4, 0.5) is 5.69 Å². The molecule has 2 aliphatic heterocycles. The zero-order valence-electron chi connectivity index (χ0n) is 31.4. The van der Waals surface area contributed by atoms with E-state index in [0.717, 1.165) is 64.0 Å². The SMILES string of the molecule is Cn1c(=O)n(C2CCC(=O)NC2=O)c2cccc(C#CCN3CCN(C[C@H]4CC[C@H](n5cc(NC(=O)c6cncc(C#N)c6)c(C(C)(C)O)n5)CC4)CC3)c21. The first-order chi connectivity index (χ1) is 26.4. The second kappa shape index (κ2) is 15.6. The van der Waals surface area contributed by atoms with Crippen molar-refractivity contribution < 1.29 is 19.5 Å². The number of nitriles is 1. The zero-order valence-corrected chi connectivity index (χ0v) is 31.4. The highest BCUT2D eigenvalue weighted by Crippen LogP contribution is 2.35. The molecule has 2 saturated heterocycles. The van der Waals surface area contributed by atoms with Crippen molar-refractivity contribution in [2.24, 2.45) is 13.0 Å². The second-order valence-electron chi connectivity index (χ2n) is 15.4. The summed E-state index contributed by atoms with van der Waals surface area (Å²) in [4.78, 5) is 59.4. The lowest BCUT2D eigenvalue weighted by Crippen LogP contribution is -2.48. The molecule has 1 unspecified atom stereocenters. The average Bonchev–Trinajstić information content (AvgIpc) is 3.71. The molecule has 7 rings (SSSR count). The summed E-state index contributed by atoms with van der Waals surface area (Å²) in [7, 11) is 1.69. The fourth-order valence-electron chi connectivity index (χ4n) is 8.04. The first kappa shape index (κ1) is 37.7. The van der Waals surface area contributed by atoms with E-state index in [2.05, 4.69) is 37.3 Å². The summed E-state index contributed by atoms with van der Waals surface area (Å²) < 4.78 is 4.90. The van der Waals surface area contributed by atoms with E-state index in [1.165, 1.54) is 27.6 Å². The maximum absolute atomic E-state index is 13.2. The van der Waals surface area contributed by atoms with Crippen LogP contribution in [0.2, 0.25) is 0 Å². The molecule has 55 heavy (non-hydrogen) atoms. The van der Waals surface area contributed by atoms with Gasteiger partial charge in [0, 0.05) is 64.8 Å². The topological polar surface area (TPSA) is 183 Å². The molecular weight excluding hydrogens is 701 g/mol. The van der Waals surface area contributed by atoms with Gasteiger partial charge in [0.1, 0.15) is 23.4 Å². The fourth-order valence-corrected chi connectivity index (χ4v) is 8.04. The molecule has 3 aliphatic rings. The average molecular weight is 747 g/mol. The molecule has 5 heterocycles. The molecule has 15 heteroatoms. The lowest BCUT2D eigenvalue weighted by atomic mass is 9.85. The summed E-state index contributed by atoms with van der Waals surface area (Å²) in [6.45, 7) is 8.69. The Bertz CT molecular complexity index is 2280. The molecule has 15 nitrogen and oxygen atoms in total. The Kier molecular flexibility index (Phi) is 10.7. The van der Waals surface area contributed by atoms with Gasteiger partial charge >= 0.3 is 5.69 Å². The number of fused-ring (bicyclic) bond motifs is 1. The number of imidazole rings is 1. The molecule has 0 radical (unpaired) electrons. The van der Waals surface area contributed by atoms with Crippen molar-refractivity contribution in [2.75, 3.05) is 44.6 Å². The Balaban J connectivity index is 0.909. The van der Waals surface area contributed by atoms with Gasteiger partial charge in [-0.3, -0.25) is 43.4 Å². The van der Waals surface area contributed by atoms with Gasteiger partial charge in [-0.2, -0.15) is 10.4 Å². The molecule has 286 valence electrons. The molecule has 1 aromatic carbocycles. The molecule has 1 saturated carbocycles. The number of para-hydroxylation sites is 1. The van der Waals surface area contributed by atoms with Crippen LogP contribution in [-0.2, 0) is 22.2 Å². The van der Waals surface area contributed by atoms with Crippen molar-refractivity contribution in [3.63, 3.8) is 0 Å². The maximum atomic E-state index is 13.2. The minimum Gasteiger partial charge on any atom is -0.384 e. The Morgan fingerprint density at radius 3 is 2.51 bits per heavy atom. The summed E-state index contributed by atoms with van der Waals surface area (Å²) in [6, 6.07) is 8.46. The number of aromatic nitrogens is 5. The molecular formula is C40H46N10O5. The van der Waals surface area contributed by atoms with Gasteiger partial charge in [0.2, 0.25) is 11.8 Å². The van der Waals surface area contributed by atoms with E-state index in [1.807, 2.05) is 29.0 Å². The Morgan fingerprint density at radius 2 is 1.80 bits per heavy atom. The number of piperazine rings is 1. The zero-order chi connectivity index (χ0) is 38.9. The summed E-state index contributed by atoms with van der Waals surface area (Å²) in [5, 5.41) is 30.0. The van der Waals surface area contributed by atoms with Crippen LogP contribution in [0.15, 0.2) is 47.7 Å². The van der Waals surface area contributed by atoms with Crippen LogP contribution in [0, 0.1) is 29.1 Å². The van der Waals surface area contributed by atoms with Crippen LogP contribution >= 0.6 is 0 Å². The quantitative estimate of drug-likeness (QED) is 0.179. The normalized spacial score (nSPS) is 21.1. The number of carbonyl (C=O) groups is 3. The van der Waals surface area contributed by atoms with E-state index in [1.54, 1.807) is 27.1 Å². The van der Waals surface area contributed by atoms with Crippen LogP contribution in [0.3, 0.4) is 0 Å². The first-order valence-electron chi connectivity index (χ1n) is 18.8. The predicted octanol–water partition coefficient (Wildman–Crippen LogP) is 2.66. The van der Waals surface area contributed by atoms with Crippen LogP contribution in [0.5, 0.6) is 0 Å². The Labute approximate surface area is 318 Å². The van der Waals surface area contributed by atoms with E-state index in [9.17, 15) is 29.5 Å². The molecule has 1 aliphatic carbocycles. The van der Waals surface area contributed by atoms with Crippen LogP contribution in [-0.4, -0.2) is 95.8 Å². The van der Waals surface area contributed by atoms with Crippen LogP contribution in [0.25, 0.3) is 11.0 Å². The first-order valence-corrected chi connectivity index (χ1v) is 18.8. The number of hydrogen-bond donors (Lipinski definition) is 3. The molecule has 0 bridgehead atoms. The number of imide groups is 1. The van der Waals surface area contributed by atoms with Gasteiger partial charge in [0.25, 0.3) is 5.91 Å². The van der Waals surface area contributed by atoms with Gasteiger partial charge in [-0.1, -0.05) is 17.9 Å². The number of nitrogens with one attached hydrogen (secondary N) is 2. The van der Waals surface area contributed by atoms with Gasteiger partial charge in [-0.15, -0.1) is 0 Å². The second-order valence-corrected chi connectivity index (χ2v) is 15.4. The number of piperidine rings is 1. The molecule has 3 amide bonds. The van der Waals surface area contributed by atoms with Crippen molar-refractivity contribution in [1.82, 2.24) is 39.0 Å². The van der Waals surface area contributed by atoms with Gasteiger partial charge in [0.15, 0.2) is 0 Å². The largest absolute Gasteiger partial charge is 0.384 e. The molecule has 3 fully saturated rings. The fraction of sp³-hybridized carbons (Fsp3) is 0.475. The number of aliphatic hydroxyl groups is 1. The number of hydrogen-bond acceptors (Lipinski definition) is 10. The number of nitrogens with zero attached hydrogens (tertiary/aromatic N) is 8. The highest BCUT2D eigenvalue weighted by molar-refractivity contribution is 6.04. The standard InChI is InChI=1S/C40H46N10O5/c1-40(2,55)36-31(43-37(52)29-20-27(21-41)22-42-23-29)25-49(45-36)30-11-9-26(10-12-30)24-48-18-16-47(17-19-48)15-5-7-28-6-4-8-32-35(28)46(3)39(54)50(32)33-13-14-34(51)44-38(33)53/h4,6,8,20,22-23,25-26,30,33,55H,9-19,24H2,1-3H3,(H,43,52)(H,44,51,53)/t26-,30-,33?. The number of rotatable bonds is 8.